The Bertz CT molecular complexity index is 1170. The first-order valence-electron chi connectivity index (χ1n) is 9.39. The highest BCUT2D eigenvalue weighted by atomic mass is 32.2. The van der Waals surface area contributed by atoms with Gasteiger partial charge in [-0.2, -0.15) is 0 Å². The number of aliphatic hydroxyl groups is 1. The van der Waals surface area contributed by atoms with Crippen molar-refractivity contribution < 1.29 is 13.5 Å². The number of hydrogen-bond donors (Lipinski definition) is 3. The van der Waals surface area contributed by atoms with Crippen LogP contribution in [-0.2, 0) is 23.0 Å². The first-order valence-corrected chi connectivity index (χ1v) is 10.9. The summed E-state index contributed by atoms with van der Waals surface area (Å²) in [6.45, 7) is 5.99. The second-order valence-electron chi connectivity index (χ2n) is 7.62. The molecule has 3 rings (SSSR count). The van der Waals surface area contributed by atoms with Gasteiger partial charge in [0.25, 0.3) is 0 Å². The zero-order chi connectivity index (χ0) is 22.1. The smallest absolute Gasteiger partial charge is 0.238 e. The average molecular weight is 432 g/mol. The third kappa shape index (κ3) is 4.99. The maximum absolute atomic E-state index is 11.9. The van der Waals surface area contributed by atoms with Gasteiger partial charge in [0.2, 0.25) is 10.0 Å². The number of nitrogen functional groups attached to an aromatic ring is 1. The van der Waals surface area contributed by atoms with Gasteiger partial charge in [-0.05, 0) is 51.3 Å². The maximum Gasteiger partial charge on any atom is 0.238 e. The number of aromatic nitrogens is 5. The molecular weight excluding hydrogens is 406 g/mol. The van der Waals surface area contributed by atoms with Crippen molar-refractivity contribution in [2.24, 2.45) is 5.14 Å². The third-order valence-electron chi connectivity index (χ3n) is 4.60. The molecule has 0 aliphatic heterocycles. The number of aryl methyl sites for hydroxylation is 2. The van der Waals surface area contributed by atoms with Gasteiger partial charge < -0.3 is 10.8 Å². The van der Waals surface area contributed by atoms with Gasteiger partial charge in [0.15, 0.2) is 5.82 Å². The lowest BCUT2D eigenvalue weighted by Crippen LogP contribution is -2.19. The summed E-state index contributed by atoms with van der Waals surface area (Å²) < 4.78 is 25.4. The molecule has 0 fully saturated rings. The monoisotopic (exact) mass is 431 g/mol. The highest BCUT2D eigenvalue weighted by Crippen LogP contribution is 2.30. The molecule has 0 saturated carbocycles. The van der Waals surface area contributed by atoms with Gasteiger partial charge in [-0.25, -0.2) is 23.5 Å². The summed E-state index contributed by atoms with van der Waals surface area (Å²) in [6.07, 6.45) is 4.14. The van der Waals surface area contributed by atoms with Gasteiger partial charge in [-0.15, -0.1) is 5.10 Å². The Morgan fingerprint density at radius 3 is 2.57 bits per heavy atom. The third-order valence-corrected chi connectivity index (χ3v) is 5.51. The lowest BCUT2D eigenvalue weighted by molar-refractivity contribution is 0.0714. The minimum absolute atomic E-state index is 0.0402. The summed E-state index contributed by atoms with van der Waals surface area (Å²) in [5, 5.41) is 23.5. The molecule has 0 aliphatic rings. The second-order valence-corrected chi connectivity index (χ2v) is 9.19. The highest BCUT2D eigenvalue weighted by Gasteiger charge is 2.19. The van der Waals surface area contributed by atoms with Crippen LogP contribution in [0.15, 0.2) is 35.5 Å². The van der Waals surface area contributed by atoms with Crippen molar-refractivity contribution >= 4 is 15.8 Å². The molecule has 0 aliphatic carbocycles. The lowest BCUT2D eigenvalue weighted by Gasteiger charge is -2.18. The number of sulfonamides is 1. The van der Waals surface area contributed by atoms with E-state index in [1.807, 2.05) is 6.92 Å². The van der Waals surface area contributed by atoms with Crippen LogP contribution in [0.3, 0.4) is 0 Å². The molecule has 0 unspecified atom stereocenters. The molecule has 0 bridgehead atoms. The van der Waals surface area contributed by atoms with E-state index < -0.39 is 15.6 Å². The van der Waals surface area contributed by atoms with Crippen LogP contribution in [-0.4, -0.2) is 44.1 Å². The van der Waals surface area contributed by atoms with E-state index in [1.165, 1.54) is 18.3 Å². The van der Waals surface area contributed by atoms with Crippen LogP contribution in [0.1, 0.15) is 32.8 Å². The number of primary sulfonamides is 1. The van der Waals surface area contributed by atoms with Gasteiger partial charge in [-0.1, -0.05) is 11.3 Å². The SMILES string of the molecule is CCn1cc(-c2nc(-c3cc(S(N)(=O)=O)ccc3CCC(C)(C)O)cnc2N)nn1. The molecule has 2 aromatic heterocycles. The van der Waals surface area contributed by atoms with E-state index >= 15 is 0 Å². The van der Waals surface area contributed by atoms with E-state index in [2.05, 4.69) is 20.3 Å². The quantitative estimate of drug-likeness (QED) is 0.505. The van der Waals surface area contributed by atoms with Crippen LogP contribution in [0.4, 0.5) is 5.82 Å². The van der Waals surface area contributed by atoms with E-state index in [-0.39, 0.29) is 10.7 Å². The normalized spacial score (nSPS) is 12.3. The predicted molar refractivity (Wildman–Crippen MR) is 113 cm³/mol. The minimum Gasteiger partial charge on any atom is -0.390 e. The summed E-state index contributed by atoms with van der Waals surface area (Å²) >= 11 is 0. The van der Waals surface area contributed by atoms with Gasteiger partial charge in [0.1, 0.15) is 11.4 Å². The molecule has 1 aromatic carbocycles. The van der Waals surface area contributed by atoms with E-state index in [4.69, 9.17) is 10.9 Å². The Morgan fingerprint density at radius 2 is 1.97 bits per heavy atom. The summed E-state index contributed by atoms with van der Waals surface area (Å²) in [4.78, 5) is 8.76. The highest BCUT2D eigenvalue weighted by molar-refractivity contribution is 7.89. The van der Waals surface area contributed by atoms with Crippen LogP contribution >= 0.6 is 0 Å². The largest absolute Gasteiger partial charge is 0.390 e. The van der Waals surface area contributed by atoms with E-state index in [0.29, 0.717) is 42.0 Å². The van der Waals surface area contributed by atoms with Crippen LogP contribution in [0, 0.1) is 0 Å². The molecule has 0 saturated heterocycles. The summed E-state index contributed by atoms with van der Waals surface area (Å²) in [5.74, 6) is 0.183. The molecule has 0 spiro atoms. The van der Waals surface area contributed by atoms with Gasteiger partial charge >= 0.3 is 0 Å². The lowest BCUT2D eigenvalue weighted by atomic mass is 9.95. The Hall–Kier alpha value is -2.89. The van der Waals surface area contributed by atoms with Gasteiger partial charge in [-0.3, -0.25) is 4.68 Å². The maximum atomic E-state index is 11.9. The van der Waals surface area contributed by atoms with Crippen molar-refractivity contribution in [3.8, 4) is 22.6 Å². The fourth-order valence-electron chi connectivity index (χ4n) is 2.91. The fraction of sp³-hybridized carbons (Fsp3) is 0.368. The Morgan fingerprint density at radius 1 is 1.23 bits per heavy atom. The molecule has 3 aromatic rings. The van der Waals surface area contributed by atoms with E-state index in [9.17, 15) is 13.5 Å². The Kier molecular flexibility index (Phi) is 5.88. The standard InChI is InChI=1S/C19H25N7O3S/c1-4-26-11-16(24-25-26)17-18(20)22-10-15(23-17)14-9-13(30(21,28)29)6-5-12(14)7-8-19(2,3)27/h5-6,9-11,27H,4,7-8H2,1-3H3,(H2,20,22)(H2,21,28,29). The number of nitrogens with two attached hydrogens (primary N) is 2. The van der Waals surface area contributed by atoms with Crippen LogP contribution in [0.2, 0.25) is 0 Å². The van der Waals surface area contributed by atoms with Gasteiger partial charge in [0, 0.05) is 12.1 Å². The van der Waals surface area contributed by atoms with Gasteiger partial charge in [0.05, 0.1) is 28.6 Å². The molecule has 2 heterocycles. The van der Waals surface area contributed by atoms with Crippen LogP contribution in [0.25, 0.3) is 22.6 Å². The summed E-state index contributed by atoms with van der Waals surface area (Å²) in [5.41, 5.74) is 7.69. The molecule has 5 N–H and O–H groups in total. The molecule has 10 nitrogen and oxygen atoms in total. The minimum atomic E-state index is -3.91. The average Bonchev–Trinajstić information content (AvgIpc) is 3.14. The van der Waals surface area contributed by atoms with E-state index in [1.54, 1.807) is 30.8 Å². The molecule has 11 heteroatoms. The molecule has 0 amide bonds. The van der Waals surface area contributed by atoms with Crippen LogP contribution in [0.5, 0.6) is 0 Å². The van der Waals surface area contributed by atoms with Crippen molar-refractivity contribution in [2.45, 2.75) is 50.7 Å². The summed E-state index contributed by atoms with van der Waals surface area (Å²) in [7, 11) is -3.91. The van der Waals surface area contributed by atoms with Crippen molar-refractivity contribution in [1.29, 1.82) is 0 Å². The number of benzene rings is 1. The van der Waals surface area contributed by atoms with Crippen molar-refractivity contribution in [3.63, 3.8) is 0 Å². The summed E-state index contributed by atoms with van der Waals surface area (Å²) in [6, 6.07) is 4.57. The zero-order valence-electron chi connectivity index (χ0n) is 17.1. The molecule has 0 atom stereocenters. The van der Waals surface area contributed by atoms with Crippen LogP contribution < -0.4 is 10.9 Å². The Balaban J connectivity index is 2.13. The van der Waals surface area contributed by atoms with Crippen molar-refractivity contribution in [2.75, 3.05) is 5.73 Å². The first kappa shape index (κ1) is 21.8. The van der Waals surface area contributed by atoms with Crippen molar-refractivity contribution in [1.82, 2.24) is 25.0 Å². The zero-order valence-corrected chi connectivity index (χ0v) is 17.9. The number of anilines is 1. The van der Waals surface area contributed by atoms with Crippen molar-refractivity contribution in [3.05, 3.63) is 36.2 Å². The predicted octanol–water partition coefficient (Wildman–Crippen LogP) is 1.36. The number of nitrogens with zero attached hydrogens (tertiary/aromatic N) is 5. The first-order chi connectivity index (χ1) is 14.0. The Labute approximate surface area is 175 Å². The number of hydrogen-bond acceptors (Lipinski definition) is 8. The molecule has 0 radical (unpaired) electrons. The molecule has 30 heavy (non-hydrogen) atoms. The molecule has 160 valence electrons. The second kappa shape index (κ2) is 8.09. The van der Waals surface area contributed by atoms with E-state index in [0.717, 1.165) is 5.56 Å². The molecular formula is C19H25N7O3S. The fourth-order valence-corrected chi connectivity index (χ4v) is 3.45. The number of rotatable bonds is 7. The topological polar surface area (TPSA) is 163 Å².